The smallest absolute Gasteiger partial charge is 0.306 e. The van der Waals surface area contributed by atoms with Crippen molar-refractivity contribution in [3.8, 4) is 5.69 Å². The van der Waals surface area contributed by atoms with Gasteiger partial charge in [0.25, 0.3) is 0 Å². The highest BCUT2D eigenvalue weighted by atomic mass is 16.4. The van der Waals surface area contributed by atoms with E-state index in [1.54, 1.807) is 0 Å². The topological polar surface area (TPSA) is 84.2 Å². The molecule has 3 rings (SSSR count). The van der Waals surface area contributed by atoms with Crippen molar-refractivity contribution < 1.29 is 14.7 Å². The van der Waals surface area contributed by atoms with Crippen LogP contribution in [0.4, 0.5) is 0 Å². The molecule has 1 fully saturated rings. The molecule has 6 nitrogen and oxygen atoms in total. The van der Waals surface area contributed by atoms with Gasteiger partial charge in [0, 0.05) is 18.7 Å². The highest BCUT2D eigenvalue weighted by Gasteiger charge is 2.29. The summed E-state index contributed by atoms with van der Waals surface area (Å²) in [5, 5.41) is 16.3. The largest absolute Gasteiger partial charge is 0.481 e. The second-order valence-corrected chi connectivity index (χ2v) is 6.56. The van der Waals surface area contributed by atoms with E-state index in [0.717, 1.165) is 17.7 Å². The minimum absolute atomic E-state index is 0.0410. The minimum Gasteiger partial charge on any atom is -0.481 e. The van der Waals surface area contributed by atoms with E-state index in [-0.39, 0.29) is 17.7 Å². The quantitative estimate of drug-likeness (QED) is 0.845. The first kappa shape index (κ1) is 17.2. The Bertz CT molecular complexity index is 719. The Kier molecular flexibility index (Phi) is 5.48. The van der Waals surface area contributed by atoms with E-state index in [4.69, 9.17) is 5.11 Å². The first-order chi connectivity index (χ1) is 12.1. The fourth-order valence-electron chi connectivity index (χ4n) is 3.29. The third-order valence-electron chi connectivity index (χ3n) is 4.82. The number of para-hydroxylation sites is 1. The van der Waals surface area contributed by atoms with Crippen LogP contribution in [0.15, 0.2) is 42.7 Å². The first-order valence-electron chi connectivity index (χ1n) is 8.73. The number of carboxylic acids is 1. The normalized spacial score (nSPS) is 20.2. The molecule has 1 aliphatic rings. The number of hydrogen-bond acceptors (Lipinski definition) is 3. The second kappa shape index (κ2) is 7.96. The molecule has 0 unspecified atom stereocenters. The lowest BCUT2D eigenvalue weighted by Crippen LogP contribution is -2.35. The number of aromatic nitrogens is 2. The Morgan fingerprint density at radius 3 is 2.48 bits per heavy atom. The molecule has 0 bridgehead atoms. The predicted octanol–water partition coefficient (Wildman–Crippen LogP) is 2.42. The average Bonchev–Trinajstić information content (AvgIpc) is 3.11. The van der Waals surface area contributed by atoms with Gasteiger partial charge in [0.15, 0.2) is 0 Å². The van der Waals surface area contributed by atoms with Crippen molar-refractivity contribution in [1.82, 2.24) is 15.1 Å². The van der Waals surface area contributed by atoms with Crippen molar-refractivity contribution in [2.75, 3.05) is 6.54 Å². The van der Waals surface area contributed by atoms with Crippen LogP contribution in [-0.2, 0) is 16.0 Å². The third kappa shape index (κ3) is 4.47. The van der Waals surface area contributed by atoms with Gasteiger partial charge in [-0.3, -0.25) is 9.59 Å². The summed E-state index contributed by atoms with van der Waals surface area (Å²) in [5.74, 6) is -1.04. The van der Waals surface area contributed by atoms with Crippen molar-refractivity contribution in [3.05, 3.63) is 48.3 Å². The molecule has 0 radical (unpaired) electrons. The molecule has 0 saturated heterocycles. The molecule has 1 aromatic heterocycles. The van der Waals surface area contributed by atoms with Gasteiger partial charge in [-0.1, -0.05) is 18.2 Å². The fourth-order valence-corrected chi connectivity index (χ4v) is 3.29. The summed E-state index contributed by atoms with van der Waals surface area (Å²) in [4.78, 5) is 23.2. The summed E-state index contributed by atoms with van der Waals surface area (Å²) in [5.41, 5.74) is 2.08. The number of carbonyl (C=O) groups is 2. The highest BCUT2D eigenvalue weighted by Crippen LogP contribution is 2.28. The number of aliphatic carboxylic acids is 1. The molecule has 0 aliphatic heterocycles. The lowest BCUT2D eigenvalue weighted by Gasteiger charge is -2.25. The van der Waals surface area contributed by atoms with Crippen molar-refractivity contribution in [2.24, 2.45) is 11.8 Å². The summed E-state index contributed by atoms with van der Waals surface area (Å²) in [7, 11) is 0. The van der Waals surface area contributed by atoms with Gasteiger partial charge >= 0.3 is 5.97 Å². The average molecular weight is 341 g/mol. The molecule has 132 valence electrons. The number of hydrogen-bond donors (Lipinski definition) is 2. The van der Waals surface area contributed by atoms with E-state index in [0.29, 0.717) is 32.2 Å². The molecule has 0 spiro atoms. The lowest BCUT2D eigenvalue weighted by molar-refractivity contribution is -0.144. The Hall–Kier alpha value is -2.63. The molecule has 2 aromatic rings. The van der Waals surface area contributed by atoms with Gasteiger partial charge in [-0.2, -0.15) is 5.10 Å². The van der Waals surface area contributed by atoms with Gasteiger partial charge in [-0.05, 0) is 49.8 Å². The van der Waals surface area contributed by atoms with E-state index in [1.807, 2.05) is 47.4 Å². The summed E-state index contributed by atoms with van der Waals surface area (Å²) < 4.78 is 1.82. The van der Waals surface area contributed by atoms with Crippen LogP contribution in [0.1, 0.15) is 31.2 Å². The zero-order valence-electron chi connectivity index (χ0n) is 14.1. The van der Waals surface area contributed by atoms with Crippen molar-refractivity contribution in [3.63, 3.8) is 0 Å². The summed E-state index contributed by atoms with van der Waals surface area (Å²) in [6.07, 6.45) is 7.03. The van der Waals surface area contributed by atoms with E-state index in [2.05, 4.69) is 10.4 Å². The summed E-state index contributed by atoms with van der Waals surface area (Å²) in [6, 6.07) is 9.89. The molecule has 1 saturated carbocycles. The van der Waals surface area contributed by atoms with Crippen LogP contribution in [0.2, 0.25) is 0 Å². The molecule has 1 aliphatic carbocycles. The zero-order chi connectivity index (χ0) is 17.6. The lowest BCUT2D eigenvalue weighted by atomic mass is 9.81. The predicted molar refractivity (Wildman–Crippen MR) is 93.4 cm³/mol. The Morgan fingerprint density at radius 1 is 1.12 bits per heavy atom. The molecular weight excluding hydrogens is 318 g/mol. The summed E-state index contributed by atoms with van der Waals surface area (Å²) >= 11 is 0. The zero-order valence-corrected chi connectivity index (χ0v) is 14.1. The van der Waals surface area contributed by atoms with Gasteiger partial charge in [0.05, 0.1) is 17.8 Å². The number of nitrogens with one attached hydrogen (secondary N) is 1. The molecule has 1 amide bonds. The van der Waals surface area contributed by atoms with Crippen LogP contribution >= 0.6 is 0 Å². The Balaban J connectivity index is 1.43. The number of carboxylic acid groups (broad SMARTS) is 1. The number of amides is 1. The van der Waals surface area contributed by atoms with Gasteiger partial charge in [-0.15, -0.1) is 0 Å². The van der Waals surface area contributed by atoms with Crippen LogP contribution in [-0.4, -0.2) is 33.3 Å². The van der Waals surface area contributed by atoms with Crippen LogP contribution in [0.3, 0.4) is 0 Å². The van der Waals surface area contributed by atoms with Crippen molar-refractivity contribution >= 4 is 11.9 Å². The van der Waals surface area contributed by atoms with Crippen LogP contribution in [0.5, 0.6) is 0 Å². The van der Waals surface area contributed by atoms with E-state index < -0.39 is 5.97 Å². The monoisotopic (exact) mass is 341 g/mol. The molecular formula is C19H23N3O3. The van der Waals surface area contributed by atoms with Gasteiger partial charge in [0.1, 0.15) is 0 Å². The highest BCUT2D eigenvalue weighted by molar-refractivity contribution is 5.79. The van der Waals surface area contributed by atoms with Crippen LogP contribution < -0.4 is 5.32 Å². The minimum atomic E-state index is -0.741. The molecule has 25 heavy (non-hydrogen) atoms. The number of carbonyl (C=O) groups excluding carboxylic acids is 1. The molecule has 6 heteroatoms. The second-order valence-electron chi connectivity index (χ2n) is 6.56. The SMILES string of the molecule is O=C(O)C1CCC(C(=O)NCCc2cnn(-c3ccccc3)c2)CC1. The number of nitrogens with zero attached hydrogens (tertiary/aromatic N) is 2. The van der Waals surface area contributed by atoms with Crippen molar-refractivity contribution in [1.29, 1.82) is 0 Å². The Labute approximate surface area is 146 Å². The van der Waals surface area contributed by atoms with Crippen LogP contribution in [0, 0.1) is 11.8 Å². The van der Waals surface area contributed by atoms with Crippen LogP contribution in [0.25, 0.3) is 5.69 Å². The van der Waals surface area contributed by atoms with Crippen molar-refractivity contribution in [2.45, 2.75) is 32.1 Å². The number of benzene rings is 1. The fraction of sp³-hybridized carbons (Fsp3) is 0.421. The molecule has 1 heterocycles. The van der Waals surface area contributed by atoms with E-state index in [1.165, 1.54) is 0 Å². The maximum Gasteiger partial charge on any atom is 0.306 e. The van der Waals surface area contributed by atoms with E-state index in [9.17, 15) is 9.59 Å². The molecule has 2 N–H and O–H groups in total. The Morgan fingerprint density at radius 2 is 1.80 bits per heavy atom. The standard InChI is InChI=1S/C19H23N3O3/c23-18(15-6-8-16(9-7-15)19(24)25)20-11-10-14-12-21-22(13-14)17-4-2-1-3-5-17/h1-5,12-13,15-16H,6-11H2,(H,20,23)(H,24,25). The first-order valence-corrected chi connectivity index (χ1v) is 8.73. The number of rotatable bonds is 6. The van der Waals surface area contributed by atoms with E-state index >= 15 is 0 Å². The van der Waals surface area contributed by atoms with Gasteiger partial charge in [-0.25, -0.2) is 4.68 Å². The molecule has 0 atom stereocenters. The van der Waals surface area contributed by atoms with Gasteiger partial charge < -0.3 is 10.4 Å². The molecule has 1 aromatic carbocycles. The maximum atomic E-state index is 12.2. The summed E-state index contributed by atoms with van der Waals surface area (Å²) in [6.45, 7) is 0.568. The third-order valence-corrected chi connectivity index (χ3v) is 4.82. The maximum absolute atomic E-state index is 12.2. The van der Waals surface area contributed by atoms with Gasteiger partial charge in [0.2, 0.25) is 5.91 Å².